The van der Waals surface area contributed by atoms with E-state index in [0.717, 1.165) is 17.6 Å². The summed E-state index contributed by atoms with van der Waals surface area (Å²) in [7, 11) is 0. The zero-order valence-corrected chi connectivity index (χ0v) is 16.6. The predicted octanol–water partition coefficient (Wildman–Crippen LogP) is 4.48. The van der Waals surface area contributed by atoms with Gasteiger partial charge < -0.3 is 15.6 Å². The maximum atomic E-state index is 12.6. The van der Waals surface area contributed by atoms with Crippen LogP contribution in [0.3, 0.4) is 0 Å². The average molecular weight is 398 g/mol. The summed E-state index contributed by atoms with van der Waals surface area (Å²) >= 11 is 0. The molecule has 0 bridgehead atoms. The second-order valence-corrected chi connectivity index (χ2v) is 7.06. The molecule has 2 aromatic carbocycles. The second-order valence-electron chi connectivity index (χ2n) is 7.06. The van der Waals surface area contributed by atoms with Gasteiger partial charge in [0, 0.05) is 46.7 Å². The third-order valence-corrected chi connectivity index (χ3v) is 4.92. The number of nitrogens with zero attached hydrogens (tertiary/aromatic N) is 1. The van der Waals surface area contributed by atoms with E-state index in [9.17, 15) is 9.59 Å². The minimum absolute atomic E-state index is 0.00469. The molecule has 0 atom stereocenters. The molecule has 0 saturated heterocycles. The molecular formula is C24H22N4O2. The molecule has 2 aromatic heterocycles. The topological polar surface area (TPSA) is 86.9 Å². The van der Waals surface area contributed by atoms with Gasteiger partial charge >= 0.3 is 0 Å². The molecule has 30 heavy (non-hydrogen) atoms. The first-order valence-electron chi connectivity index (χ1n) is 9.77. The maximum absolute atomic E-state index is 12.6. The van der Waals surface area contributed by atoms with E-state index in [-0.39, 0.29) is 11.7 Å². The number of aromatic nitrogens is 2. The van der Waals surface area contributed by atoms with Crippen molar-refractivity contribution in [3.8, 4) is 0 Å². The summed E-state index contributed by atoms with van der Waals surface area (Å²) < 4.78 is 0. The number of para-hydroxylation sites is 1. The molecule has 4 rings (SSSR count). The highest BCUT2D eigenvalue weighted by Crippen LogP contribution is 2.19. The number of Topliss-reactive ketones (excluding diaryl/α,β-unsaturated/α-hetero) is 1. The summed E-state index contributed by atoms with van der Waals surface area (Å²) in [4.78, 5) is 31.6. The molecule has 150 valence electrons. The van der Waals surface area contributed by atoms with E-state index in [0.29, 0.717) is 23.5 Å². The highest BCUT2D eigenvalue weighted by Gasteiger charge is 2.09. The molecule has 0 radical (unpaired) electrons. The molecule has 0 aliphatic rings. The number of ketones is 1. The van der Waals surface area contributed by atoms with E-state index in [1.165, 1.54) is 17.9 Å². The fourth-order valence-corrected chi connectivity index (χ4v) is 3.36. The van der Waals surface area contributed by atoms with Gasteiger partial charge in [0.2, 0.25) is 0 Å². The molecule has 3 N–H and O–H groups in total. The van der Waals surface area contributed by atoms with Crippen molar-refractivity contribution in [2.24, 2.45) is 0 Å². The van der Waals surface area contributed by atoms with E-state index in [1.54, 1.807) is 36.5 Å². The van der Waals surface area contributed by atoms with Crippen molar-refractivity contribution in [1.82, 2.24) is 15.3 Å². The van der Waals surface area contributed by atoms with Crippen molar-refractivity contribution < 1.29 is 9.59 Å². The van der Waals surface area contributed by atoms with Crippen LogP contribution in [0.25, 0.3) is 10.9 Å². The van der Waals surface area contributed by atoms with Gasteiger partial charge in [-0.3, -0.25) is 9.59 Å². The van der Waals surface area contributed by atoms with E-state index >= 15 is 0 Å². The monoisotopic (exact) mass is 398 g/mol. The number of nitrogens with one attached hydrogen (secondary N) is 3. The van der Waals surface area contributed by atoms with Crippen LogP contribution < -0.4 is 10.6 Å². The molecule has 0 aliphatic heterocycles. The number of hydrogen-bond acceptors (Lipinski definition) is 4. The Hall–Kier alpha value is -3.93. The number of H-pyrrole nitrogens is 1. The van der Waals surface area contributed by atoms with Crippen molar-refractivity contribution in [2.45, 2.75) is 13.3 Å². The Bertz CT molecular complexity index is 1210. The highest BCUT2D eigenvalue weighted by atomic mass is 16.1. The van der Waals surface area contributed by atoms with Crippen molar-refractivity contribution in [3.63, 3.8) is 0 Å². The van der Waals surface area contributed by atoms with Crippen LogP contribution >= 0.6 is 0 Å². The third-order valence-electron chi connectivity index (χ3n) is 4.92. The van der Waals surface area contributed by atoms with Gasteiger partial charge in [-0.2, -0.15) is 0 Å². The fourth-order valence-electron chi connectivity index (χ4n) is 3.36. The Labute approximate surface area is 174 Å². The van der Waals surface area contributed by atoms with E-state index in [4.69, 9.17) is 0 Å². The standard InChI is InChI=1S/C24H22N4O2/c1-16(29)17-5-4-6-20(13-17)28-23-14-18(9-11-25-23)24(30)26-12-10-19-15-27-22-8-3-2-7-21(19)22/h2-9,11,13-15,27H,10,12H2,1H3,(H,25,28)(H,26,30). The number of rotatable bonds is 7. The van der Waals surface area contributed by atoms with E-state index in [2.05, 4.69) is 26.7 Å². The first kappa shape index (κ1) is 19.4. The Morgan fingerprint density at radius 3 is 2.73 bits per heavy atom. The summed E-state index contributed by atoms with van der Waals surface area (Å²) in [6.07, 6.45) is 4.32. The first-order valence-corrected chi connectivity index (χ1v) is 9.77. The van der Waals surface area contributed by atoms with Crippen molar-refractivity contribution in [1.29, 1.82) is 0 Å². The molecule has 0 spiro atoms. The molecule has 0 fully saturated rings. The second kappa shape index (κ2) is 8.61. The van der Waals surface area contributed by atoms with Gasteiger partial charge in [-0.1, -0.05) is 30.3 Å². The molecule has 1 amide bonds. The molecule has 6 nitrogen and oxygen atoms in total. The first-order chi connectivity index (χ1) is 14.6. The van der Waals surface area contributed by atoms with Crippen LogP contribution in [0.5, 0.6) is 0 Å². The van der Waals surface area contributed by atoms with Crippen LogP contribution in [-0.4, -0.2) is 28.2 Å². The Morgan fingerprint density at radius 1 is 1.00 bits per heavy atom. The number of fused-ring (bicyclic) bond motifs is 1. The van der Waals surface area contributed by atoms with E-state index < -0.39 is 0 Å². The number of anilines is 2. The summed E-state index contributed by atoms with van der Waals surface area (Å²) in [6.45, 7) is 2.06. The Morgan fingerprint density at radius 2 is 1.87 bits per heavy atom. The predicted molar refractivity (Wildman–Crippen MR) is 118 cm³/mol. The van der Waals surface area contributed by atoms with Gasteiger partial charge in [0.25, 0.3) is 5.91 Å². The van der Waals surface area contributed by atoms with Gasteiger partial charge in [0.05, 0.1) is 0 Å². The van der Waals surface area contributed by atoms with Crippen molar-refractivity contribution >= 4 is 34.1 Å². The van der Waals surface area contributed by atoms with E-state index in [1.807, 2.05) is 30.5 Å². The lowest BCUT2D eigenvalue weighted by molar-refractivity contribution is 0.0953. The number of aromatic amines is 1. The zero-order chi connectivity index (χ0) is 20.9. The van der Waals surface area contributed by atoms with Crippen LogP contribution in [-0.2, 0) is 6.42 Å². The number of amides is 1. The zero-order valence-electron chi connectivity index (χ0n) is 16.6. The smallest absolute Gasteiger partial charge is 0.251 e. The normalized spacial score (nSPS) is 10.7. The fraction of sp³-hybridized carbons (Fsp3) is 0.125. The molecule has 0 unspecified atom stereocenters. The Balaban J connectivity index is 1.39. The van der Waals surface area contributed by atoms with Gasteiger partial charge in [-0.25, -0.2) is 4.98 Å². The van der Waals surface area contributed by atoms with Crippen LogP contribution in [0.15, 0.2) is 73.1 Å². The summed E-state index contributed by atoms with van der Waals surface area (Å²) in [5.74, 6) is 0.382. The van der Waals surface area contributed by atoms with Crippen LogP contribution in [0.4, 0.5) is 11.5 Å². The summed E-state index contributed by atoms with van der Waals surface area (Å²) in [6, 6.07) is 18.7. The largest absolute Gasteiger partial charge is 0.361 e. The van der Waals surface area contributed by atoms with Crippen molar-refractivity contribution in [2.75, 3.05) is 11.9 Å². The number of benzene rings is 2. The van der Waals surface area contributed by atoms with Gasteiger partial charge in [-0.05, 0) is 49.2 Å². The molecule has 6 heteroatoms. The number of carbonyl (C=O) groups excluding carboxylic acids is 2. The molecular weight excluding hydrogens is 376 g/mol. The lowest BCUT2D eigenvalue weighted by atomic mass is 10.1. The summed E-state index contributed by atoms with van der Waals surface area (Å²) in [5.41, 5.74) is 4.15. The minimum atomic E-state index is -0.155. The molecule has 2 heterocycles. The third kappa shape index (κ3) is 4.38. The maximum Gasteiger partial charge on any atom is 0.251 e. The number of pyridine rings is 1. The summed E-state index contributed by atoms with van der Waals surface area (Å²) in [5, 5.41) is 7.29. The highest BCUT2D eigenvalue weighted by molar-refractivity contribution is 5.96. The minimum Gasteiger partial charge on any atom is -0.361 e. The van der Waals surface area contributed by atoms with Crippen LogP contribution in [0.1, 0.15) is 33.2 Å². The van der Waals surface area contributed by atoms with Gasteiger partial charge in [0.15, 0.2) is 5.78 Å². The van der Waals surface area contributed by atoms with Crippen LogP contribution in [0.2, 0.25) is 0 Å². The lowest BCUT2D eigenvalue weighted by Gasteiger charge is -2.09. The SMILES string of the molecule is CC(=O)c1cccc(Nc2cc(C(=O)NCCc3c[nH]c4ccccc34)ccn2)c1. The van der Waals surface area contributed by atoms with Gasteiger partial charge in [0.1, 0.15) is 5.82 Å². The molecule has 4 aromatic rings. The molecule has 0 saturated carbocycles. The Kier molecular flexibility index (Phi) is 5.57. The number of hydrogen-bond donors (Lipinski definition) is 3. The average Bonchev–Trinajstić information content (AvgIpc) is 3.17. The quantitative estimate of drug-likeness (QED) is 0.401. The van der Waals surface area contributed by atoms with Crippen molar-refractivity contribution in [3.05, 3.63) is 89.7 Å². The van der Waals surface area contributed by atoms with Gasteiger partial charge in [-0.15, -0.1) is 0 Å². The number of carbonyl (C=O) groups is 2. The van der Waals surface area contributed by atoms with Crippen LogP contribution in [0, 0.1) is 0 Å². The lowest BCUT2D eigenvalue weighted by Crippen LogP contribution is -2.25. The molecule has 0 aliphatic carbocycles.